The van der Waals surface area contributed by atoms with Crippen LogP contribution in [0.25, 0.3) is 0 Å². The molecule has 0 amide bonds. The fourth-order valence-corrected chi connectivity index (χ4v) is 2.57. The van der Waals surface area contributed by atoms with Crippen molar-refractivity contribution in [3.05, 3.63) is 46.7 Å². The molecule has 1 aliphatic rings. The van der Waals surface area contributed by atoms with Crippen molar-refractivity contribution in [2.24, 2.45) is 0 Å². The van der Waals surface area contributed by atoms with Crippen LogP contribution in [0, 0.1) is 11.6 Å². The quantitative estimate of drug-likeness (QED) is 0.919. The third-order valence-corrected chi connectivity index (χ3v) is 3.84. The van der Waals surface area contributed by atoms with Crippen LogP contribution in [0.1, 0.15) is 11.7 Å². The Bertz CT molecular complexity index is 701. The number of hydrogen-bond acceptors (Lipinski definition) is 5. The number of morpholine rings is 1. The van der Waals surface area contributed by atoms with E-state index in [1.807, 2.05) is 4.90 Å². The minimum Gasteiger partial charge on any atom is -0.382 e. The van der Waals surface area contributed by atoms with Crippen LogP contribution >= 0.6 is 11.6 Å². The highest BCUT2D eigenvalue weighted by Crippen LogP contribution is 2.31. The molecule has 0 aliphatic carbocycles. The summed E-state index contributed by atoms with van der Waals surface area (Å²) in [6, 6.07) is 3.73. The number of anilines is 2. The van der Waals surface area contributed by atoms with Crippen LogP contribution in [-0.2, 0) is 4.74 Å². The van der Waals surface area contributed by atoms with Gasteiger partial charge in [-0.1, -0.05) is 17.7 Å². The van der Waals surface area contributed by atoms with E-state index < -0.39 is 17.7 Å². The van der Waals surface area contributed by atoms with Gasteiger partial charge in [0.05, 0.1) is 6.61 Å². The summed E-state index contributed by atoms with van der Waals surface area (Å²) in [5.41, 5.74) is 6.23. The van der Waals surface area contributed by atoms with E-state index in [4.69, 9.17) is 22.1 Å². The number of nitrogens with two attached hydrogens (primary N) is 1. The van der Waals surface area contributed by atoms with Gasteiger partial charge in [0.1, 0.15) is 23.3 Å². The normalized spacial score (nSPS) is 18.5. The Morgan fingerprint density at radius 1 is 1.27 bits per heavy atom. The second-order valence-corrected chi connectivity index (χ2v) is 5.25. The third-order valence-electron chi connectivity index (χ3n) is 3.48. The number of aromatic nitrogens is 2. The molecule has 5 nitrogen and oxygen atoms in total. The predicted octanol–water partition coefficient (Wildman–Crippen LogP) is 2.57. The Morgan fingerprint density at radius 3 is 2.86 bits per heavy atom. The van der Waals surface area contributed by atoms with Gasteiger partial charge in [-0.3, -0.25) is 0 Å². The minimum atomic E-state index is -0.900. The molecule has 2 heterocycles. The summed E-state index contributed by atoms with van der Waals surface area (Å²) in [6.45, 7) is 1.38. The fraction of sp³-hybridized carbons (Fsp3) is 0.286. The van der Waals surface area contributed by atoms with E-state index >= 15 is 0 Å². The fourth-order valence-electron chi connectivity index (χ4n) is 2.35. The first kappa shape index (κ1) is 14.9. The van der Waals surface area contributed by atoms with Gasteiger partial charge in [-0.15, -0.1) is 0 Å². The summed E-state index contributed by atoms with van der Waals surface area (Å²) in [4.78, 5) is 9.84. The van der Waals surface area contributed by atoms with E-state index in [9.17, 15) is 8.78 Å². The van der Waals surface area contributed by atoms with Crippen LogP contribution in [0.2, 0.25) is 5.02 Å². The molecule has 22 heavy (non-hydrogen) atoms. The van der Waals surface area contributed by atoms with E-state index in [-0.39, 0.29) is 10.8 Å². The molecular weight excluding hydrogens is 314 g/mol. The van der Waals surface area contributed by atoms with Gasteiger partial charge >= 0.3 is 0 Å². The predicted molar refractivity (Wildman–Crippen MR) is 78.7 cm³/mol. The summed E-state index contributed by atoms with van der Waals surface area (Å²) < 4.78 is 32.0. The van der Waals surface area contributed by atoms with Crippen LogP contribution in [0.3, 0.4) is 0 Å². The lowest BCUT2D eigenvalue weighted by atomic mass is 10.1. The van der Waals surface area contributed by atoms with Crippen molar-refractivity contribution in [1.29, 1.82) is 0 Å². The van der Waals surface area contributed by atoms with E-state index in [2.05, 4.69) is 9.97 Å². The van der Waals surface area contributed by atoms with E-state index in [1.165, 1.54) is 12.4 Å². The smallest absolute Gasteiger partial charge is 0.159 e. The molecule has 1 atom stereocenters. The molecule has 2 aromatic rings. The van der Waals surface area contributed by atoms with Gasteiger partial charge in [0, 0.05) is 13.1 Å². The highest BCUT2D eigenvalue weighted by molar-refractivity contribution is 6.35. The van der Waals surface area contributed by atoms with Crippen LogP contribution in [0.15, 0.2) is 24.5 Å². The molecule has 1 fully saturated rings. The topological polar surface area (TPSA) is 64.3 Å². The van der Waals surface area contributed by atoms with E-state index in [1.54, 1.807) is 0 Å². The first-order valence-electron chi connectivity index (χ1n) is 6.63. The largest absolute Gasteiger partial charge is 0.382 e. The summed E-state index contributed by atoms with van der Waals surface area (Å²) >= 11 is 6.12. The maximum absolute atomic E-state index is 13.4. The molecule has 1 saturated heterocycles. The van der Waals surface area contributed by atoms with E-state index in [0.717, 1.165) is 12.1 Å². The van der Waals surface area contributed by atoms with Crippen molar-refractivity contribution in [1.82, 2.24) is 9.97 Å². The summed E-state index contributed by atoms with van der Waals surface area (Å²) in [7, 11) is 0. The lowest BCUT2D eigenvalue weighted by Gasteiger charge is -2.34. The van der Waals surface area contributed by atoms with Gasteiger partial charge in [-0.05, 0) is 17.7 Å². The van der Waals surface area contributed by atoms with Gasteiger partial charge in [0.25, 0.3) is 0 Å². The van der Waals surface area contributed by atoms with Crippen molar-refractivity contribution in [3.8, 4) is 0 Å². The molecule has 8 heteroatoms. The molecule has 2 N–H and O–H groups in total. The molecule has 0 radical (unpaired) electrons. The Kier molecular flexibility index (Phi) is 4.08. The van der Waals surface area contributed by atoms with Crippen molar-refractivity contribution in [2.75, 3.05) is 30.3 Å². The number of halogens is 3. The highest BCUT2D eigenvalue weighted by Gasteiger charge is 2.25. The maximum Gasteiger partial charge on any atom is 0.159 e. The standard InChI is InChI=1S/C14H13ClF2N4O/c15-12-13(18)19-7-20-14(12)21-3-4-22-11(6-21)8-1-2-9(16)10(17)5-8/h1-2,5,7,11H,3-4,6H2,(H2,18,19,20). The maximum atomic E-state index is 13.4. The Labute approximate surface area is 130 Å². The molecule has 1 aromatic heterocycles. The zero-order valence-corrected chi connectivity index (χ0v) is 12.2. The van der Waals surface area contributed by atoms with Crippen molar-refractivity contribution in [3.63, 3.8) is 0 Å². The lowest BCUT2D eigenvalue weighted by molar-refractivity contribution is 0.0393. The summed E-state index contributed by atoms with van der Waals surface area (Å²) in [5.74, 6) is -1.09. The van der Waals surface area contributed by atoms with Gasteiger partial charge in [-0.25, -0.2) is 18.7 Å². The number of ether oxygens (including phenoxy) is 1. The van der Waals surface area contributed by atoms with Gasteiger partial charge < -0.3 is 15.4 Å². The number of hydrogen-bond donors (Lipinski definition) is 1. The van der Waals surface area contributed by atoms with E-state index in [0.29, 0.717) is 31.1 Å². The zero-order chi connectivity index (χ0) is 15.7. The van der Waals surface area contributed by atoms with Crippen LogP contribution in [0.5, 0.6) is 0 Å². The van der Waals surface area contributed by atoms with Crippen LogP contribution < -0.4 is 10.6 Å². The average Bonchev–Trinajstić information content (AvgIpc) is 2.53. The molecular formula is C14H13ClF2N4O. The van der Waals surface area contributed by atoms with Crippen molar-refractivity contribution >= 4 is 23.2 Å². The number of nitrogen functional groups attached to an aromatic ring is 1. The van der Waals surface area contributed by atoms with Crippen molar-refractivity contribution < 1.29 is 13.5 Å². The SMILES string of the molecule is Nc1ncnc(N2CCOC(c3ccc(F)c(F)c3)C2)c1Cl. The van der Waals surface area contributed by atoms with Crippen LogP contribution in [-0.4, -0.2) is 29.7 Å². The van der Waals surface area contributed by atoms with Crippen molar-refractivity contribution in [2.45, 2.75) is 6.10 Å². The molecule has 0 bridgehead atoms. The second kappa shape index (κ2) is 6.02. The molecule has 1 aliphatic heterocycles. The minimum absolute atomic E-state index is 0.197. The molecule has 3 rings (SSSR count). The molecule has 116 valence electrons. The monoisotopic (exact) mass is 326 g/mol. The second-order valence-electron chi connectivity index (χ2n) is 4.88. The summed E-state index contributed by atoms with van der Waals surface area (Å²) in [6.07, 6.45) is 0.926. The third kappa shape index (κ3) is 2.82. The number of rotatable bonds is 2. The Hall–Kier alpha value is -1.99. The number of benzene rings is 1. The highest BCUT2D eigenvalue weighted by atomic mass is 35.5. The molecule has 1 aromatic carbocycles. The Morgan fingerprint density at radius 2 is 2.09 bits per heavy atom. The van der Waals surface area contributed by atoms with Gasteiger partial charge in [0.2, 0.25) is 0 Å². The first-order valence-corrected chi connectivity index (χ1v) is 7.01. The molecule has 1 unspecified atom stereocenters. The van der Waals surface area contributed by atoms with Gasteiger partial charge in [0.15, 0.2) is 17.5 Å². The lowest BCUT2D eigenvalue weighted by Crippen LogP contribution is -2.39. The average molecular weight is 327 g/mol. The Balaban J connectivity index is 1.85. The first-order chi connectivity index (χ1) is 10.6. The number of nitrogens with zero attached hydrogens (tertiary/aromatic N) is 3. The molecule has 0 spiro atoms. The molecule has 0 saturated carbocycles. The van der Waals surface area contributed by atoms with Gasteiger partial charge in [-0.2, -0.15) is 0 Å². The summed E-state index contributed by atoms with van der Waals surface area (Å²) in [5, 5.41) is 0.272. The van der Waals surface area contributed by atoms with Crippen LogP contribution in [0.4, 0.5) is 20.4 Å². The zero-order valence-electron chi connectivity index (χ0n) is 11.5.